The quantitative estimate of drug-likeness (QED) is 0.252. The number of piperazine rings is 1. The molecule has 0 saturated carbocycles. The van der Waals surface area contributed by atoms with Gasteiger partial charge in [0.05, 0.1) is 46.0 Å². The topological polar surface area (TPSA) is 155 Å². The third kappa shape index (κ3) is 5.55. The van der Waals surface area contributed by atoms with Crippen molar-refractivity contribution in [3.05, 3.63) is 73.9 Å². The SMILES string of the molecule is CCc1cc(-c2cc(Cl)ccc2OCCn2c(C)nc3cnc(N4CCN(C)CC4=O)c(C#N)c3c2=O)c2scc(C(=O)O)c2n1. The first-order valence-electron chi connectivity index (χ1n) is 14.5. The number of pyridine rings is 2. The van der Waals surface area contributed by atoms with Gasteiger partial charge >= 0.3 is 5.97 Å². The number of benzene rings is 1. The number of carboxylic acids is 1. The lowest BCUT2D eigenvalue weighted by Crippen LogP contribution is -2.49. The molecule has 6 rings (SSSR count). The first-order chi connectivity index (χ1) is 22.1. The lowest BCUT2D eigenvalue weighted by atomic mass is 10.0. The minimum atomic E-state index is -1.05. The minimum absolute atomic E-state index is 0.00710. The number of aromatic carboxylic acids is 1. The summed E-state index contributed by atoms with van der Waals surface area (Å²) in [5.74, 6) is -0.206. The molecule has 1 aliphatic heterocycles. The number of rotatable bonds is 8. The van der Waals surface area contributed by atoms with E-state index in [1.54, 1.807) is 30.5 Å². The number of ether oxygens (including phenoxy) is 1. The van der Waals surface area contributed by atoms with Gasteiger partial charge in [0.1, 0.15) is 29.8 Å². The number of nitriles is 1. The zero-order valence-electron chi connectivity index (χ0n) is 25.2. The number of anilines is 1. The van der Waals surface area contributed by atoms with Gasteiger partial charge in [0.25, 0.3) is 5.56 Å². The van der Waals surface area contributed by atoms with E-state index in [1.165, 1.54) is 27.0 Å². The number of hydrogen-bond acceptors (Lipinski definition) is 10. The van der Waals surface area contributed by atoms with Crippen LogP contribution in [0.5, 0.6) is 5.75 Å². The Hall–Kier alpha value is -4.90. The number of thiophene rings is 1. The average Bonchev–Trinajstić information content (AvgIpc) is 3.47. The minimum Gasteiger partial charge on any atom is -0.491 e. The molecular weight excluding hydrogens is 630 g/mol. The first kappa shape index (κ1) is 31.1. The normalized spacial score (nSPS) is 13.8. The zero-order chi connectivity index (χ0) is 32.7. The zero-order valence-corrected chi connectivity index (χ0v) is 26.8. The summed E-state index contributed by atoms with van der Waals surface area (Å²) in [6, 6.07) is 9.18. The van der Waals surface area contributed by atoms with Crippen molar-refractivity contribution in [1.82, 2.24) is 24.4 Å². The van der Waals surface area contributed by atoms with Crippen LogP contribution in [-0.4, -0.2) is 74.7 Å². The Bertz CT molecular complexity index is 2160. The monoisotopic (exact) mass is 657 g/mol. The van der Waals surface area contributed by atoms with E-state index < -0.39 is 11.5 Å². The molecule has 14 heteroatoms. The van der Waals surface area contributed by atoms with Gasteiger partial charge in [-0.3, -0.25) is 28.9 Å². The van der Waals surface area contributed by atoms with Crippen LogP contribution in [0.1, 0.15) is 34.4 Å². The molecule has 1 N–H and O–H groups in total. The summed E-state index contributed by atoms with van der Waals surface area (Å²) in [7, 11) is 1.84. The third-order valence-corrected chi connectivity index (χ3v) is 9.16. The van der Waals surface area contributed by atoms with Crippen LogP contribution < -0.4 is 15.2 Å². The van der Waals surface area contributed by atoms with Crippen molar-refractivity contribution in [3.63, 3.8) is 0 Å². The Morgan fingerprint density at radius 1 is 1.20 bits per heavy atom. The fraction of sp³-hybridized carbons (Fsp3) is 0.281. The molecule has 0 radical (unpaired) electrons. The smallest absolute Gasteiger partial charge is 0.338 e. The molecule has 1 aliphatic rings. The van der Waals surface area contributed by atoms with Crippen LogP contribution in [0.25, 0.3) is 32.2 Å². The molecule has 5 aromatic rings. The Morgan fingerprint density at radius 2 is 2.00 bits per heavy atom. The van der Waals surface area contributed by atoms with Crippen LogP contribution in [-0.2, 0) is 17.8 Å². The first-order valence-corrected chi connectivity index (χ1v) is 15.7. The van der Waals surface area contributed by atoms with E-state index in [0.717, 1.165) is 11.3 Å². The standard InChI is InChI=1S/C32H28ClN7O5S/c1-4-19-12-21(29-28(37-19)23(16-46-29)32(43)44)20-11-18(33)5-6-25(20)45-10-9-39-17(2)36-24-14-35-30(22(13-34)27(24)31(39)42)40-8-7-38(3)15-26(40)41/h5-6,11-12,14,16H,4,7-10,15H2,1-3H3,(H,43,44). The van der Waals surface area contributed by atoms with Crippen molar-refractivity contribution in [2.24, 2.45) is 0 Å². The van der Waals surface area contributed by atoms with Crippen LogP contribution in [0.15, 0.2) is 40.6 Å². The maximum absolute atomic E-state index is 13.9. The van der Waals surface area contributed by atoms with E-state index in [0.29, 0.717) is 51.9 Å². The molecule has 4 aromatic heterocycles. The molecule has 1 amide bonds. The molecule has 12 nitrogen and oxygen atoms in total. The molecule has 46 heavy (non-hydrogen) atoms. The van der Waals surface area contributed by atoms with E-state index in [1.807, 2.05) is 24.9 Å². The summed E-state index contributed by atoms with van der Waals surface area (Å²) in [5, 5.41) is 22.0. The second-order valence-electron chi connectivity index (χ2n) is 10.9. The molecular formula is C32H28ClN7O5S. The number of fused-ring (bicyclic) bond motifs is 2. The molecule has 234 valence electrons. The van der Waals surface area contributed by atoms with Gasteiger partial charge in [-0.05, 0) is 44.7 Å². The van der Waals surface area contributed by atoms with Crippen molar-refractivity contribution in [2.75, 3.05) is 38.2 Å². The molecule has 1 saturated heterocycles. The summed E-state index contributed by atoms with van der Waals surface area (Å²) in [4.78, 5) is 55.3. The molecule has 5 heterocycles. The second-order valence-corrected chi connectivity index (χ2v) is 12.2. The number of aryl methyl sites for hydroxylation is 2. The van der Waals surface area contributed by atoms with Gasteiger partial charge in [-0.1, -0.05) is 18.5 Å². The van der Waals surface area contributed by atoms with E-state index in [2.05, 4.69) is 21.0 Å². The van der Waals surface area contributed by atoms with Gasteiger partial charge < -0.3 is 9.84 Å². The van der Waals surface area contributed by atoms with Crippen LogP contribution in [0.3, 0.4) is 0 Å². The maximum Gasteiger partial charge on any atom is 0.338 e. The van der Waals surface area contributed by atoms with Crippen molar-refractivity contribution < 1.29 is 19.4 Å². The summed E-state index contributed by atoms with van der Waals surface area (Å²) in [5.41, 5.74) is 2.50. The summed E-state index contributed by atoms with van der Waals surface area (Å²) in [6.07, 6.45) is 2.02. The van der Waals surface area contributed by atoms with E-state index in [4.69, 9.17) is 16.3 Å². The Balaban J connectivity index is 1.35. The highest BCUT2D eigenvalue weighted by atomic mass is 35.5. The number of amides is 1. The van der Waals surface area contributed by atoms with Gasteiger partial charge in [0.15, 0.2) is 5.82 Å². The number of likely N-dealkylation sites (N-methyl/N-ethyl adjacent to an activating group) is 1. The summed E-state index contributed by atoms with van der Waals surface area (Å²) >= 11 is 7.70. The second kappa shape index (κ2) is 12.5. The van der Waals surface area contributed by atoms with E-state index in [9.17, 15) is 24.8 Å². The fourth-order valence-corrected chi connectivity index (χ4v) is 6.76. The number of halogens is 1. The number of carbonyl (C=O) groups excluding carboxylic acids is 1. The number of aromatic nitrogens is 4. The molecule has 0 unspecified atom stereocenters. The number of hydrogen-bond donors (Lipinski definition) is 1. The molecule has 0 spiro atoms. The molecule has 1 fully saturated rings. The van der Waals surface area contributed by atoms with Crippen molar-refractivity contribution in [1.29, 1.82) is 5.26 Å². The van der Waals surface area contributed by atoms with Gasteiger partial charge in [0, 0.05) is 40.3 Å². The van der Waals surface area contributed by atoms with Gasteiger partial charge in [-0.25, -0.2) is 14.8 Å². The number of nitrogens with zero attached hydrogens (tertiary/aromatic N) is 7. The Kier molecular flexibility index (Phi) is 8.43. The summed E-state index contributed by atoms with van der Waals surface area (Å²) < 4.78 is 8.37. The number of carbonyl (C=O) groups is 2. The van der Waals surface area contributed by atoms with Crippen LogP contribution >= 0.6 is 22.9 Å². The Labute approximate surface area is 272 Å². The lowest BCUT2D eigenvalue weighted by Gasteiger charge is -2.31. The third-order valence-electron chi connectivity index (χ3n) is 7.92. The fourth-order valence-electron chi connectivity index (χ4n) is 5.58. The van der Waals surface area contributed by atoms with Gasteiger partial charge in [-0.15, -0.1) is 11.3 Å². The van der Waals surface area contributed by atoms with Gasteiger partial charge in [0.2, 0.25) is 5.91 Å². The van der Waals surface area contributed by atoms with Crippen LogP contribution in [0.2, 0.25) is 5.02 Å². The highest BCUT2D eigenvalue weighted by Crippen LogP contribution is 2.40. The predicted molar refractivity (Wildman–Crippen MR) is 175 cm³/mol. The highest BCUT2D eigenvalue weighted by Gasteiger charge is 2.28. The largest absolute Gasteiger partial charge is 0.491 e. The molecule has 0 bridgehead atoms. The predicted octanol–water partition coefficient (Wildman–Crippen LogP) is 4.52. The van der Waals surface area contributed by atoms with Crippen molar-refractivity contribution >= 4 is 61.8 Å². The lowest BCUT2D eigenvalue weighted by molar-refractivity contribution is -0.120. The molecule has 0 aliphatic carbocycles. The van der Waals surface area contributed by atoms with E-state index >= 15 is 0 Å². The number of carboxylic acid groups (broad SMARTS) is 1. The van der Waals surface area contributed by atoms with Crippen molar-refractivity contribution in [3.8, 4) is 22.9 Å². The van der Waals surface area contributed by atoms with Crippen molar-refractivity contribution in [2.45, 2.75) is 26.8 Å². The van der Waals surface area contributed by atoms with E-state index in [-0.39, 0.29) is 53.5 Å². The molecule has 0 atom stereocenters. The van der Waals surface area contributed by atoms with Crippen LogP contribution in [0.4, 0.5) is 5.82 Å². The summed E-state index contributed by atoms with van der Waals surface area (Å²) in [6.45, 7) is 4.95. The van der Waals surface area contributed by atoms with Crippen LogP contribution in [0, 0.1) is 18.3 Å². The average molecular weight is 658 g/mol. The van der Waals surface area contributed by atoms with Gasteiger partial charge in [-0.2, -0.15) is 5.26 Å². The highest BCUT2D eigenvalue weighted by molar-refractivity contribution is 7.18. The maximum atomic E-state index is 13.9. The molecule has 1 aromatic carbocycles. The Morgan fingerprint density at radius 3 is 2.72 bits per heavy atom.